The van der Waals surface area contributed by atoms with Crippen LogP contribution < -0.4 is 5.32 Å². The smallest absolute Gasteiger partial charge is 0.242 e. The highest BCUT2D eigenvalue weighted by molar-refractivity contribution is 8.15. The Morgan fingerprint density at radius 2 is 2.23 bits per heavy atom. The van der Waals surface area contributed by atoms with Crippen molar-refractivity contribution in [3.05, 3.63) is 29.3 Å². The van der Waals surface area contributed by atoms with Crippen molar-refractivity contribution in [1.29, 1.82) is 0 Å². The molecule has 1 heterocycles. The number of nitrogens with one attached hydrogen (secondary N) is 1. The van der Waals surface area contributed by atoms with Gasteiger partial charge in [0.2, 0.25) is 11.8 Å². The van der Waals surface area contributed by atoms with Crippen molar-refractivity contribution in [1.82, 2.24) is 4.90 Å². The number of halogens is 1. The summed E-state index contributed by atoms with van der Waals surface area (Å²) < 4.78 is 0. The lowest BCUT2D eigenvalue weighted by atomic mass is 10.2. The average Bonchev–Trinajstić information content (AvgIpc) is 2.75. The van der Waals surface area contributed by atoms with Crippen LogP contribution >= 0.6 is 23.4 Å². The lowest BCUT2D eigenvalue weighted by Gasteiger charge is -2.13. The molecule has 0 saturated carbocycles. The maximum atomic E-state index is 12.3. The van der Waals surface area contributed by atoms with Crippen molar-refractivity contribution in [3.8, 4) is 0 Å². The SMILES string of the molecule is CCN=C1SC(CC(=O)Nc2cccc(Cl)c2)C(=O)N1CC. The minimum Gasteiger partial charge on any atom is -0.326 e. The van der Waals surface area contributed by atoms with E-state index in [1.165, 1.54) is 11.8 Å². The lowest BCUT2D eigenvalue weighted by molar-refractivity contribution is -0.128. The fraction of sp³-hybridized carbons (Fsp3) is 0.400. The molecule has 0 aromatic heterocycles. The highest BCUT2D eigenvalue weighted by atomic mass is 35.5. The van der Waals surface area contributed by atoms with Crippen LogP contribution in [0, 0.1) is 0 Å². The van der Waals surface area contributed by atoms with E-state index in [-0.39, 0.29) is 18.2 Å². The Morgan fingerprint density at radius 3 is 2.86 bits per heavy atom. The quantitative estimate of drug-likeness (QED) is 0.897. The summed E-state index contributed by atoms with van der Waals surface area (Å²) >= 11 is 7.24. The molecular formula is C15H18ClN3O2S. The molecule has 2 rings (SSSR count). The normalized spacial score (nSPS) is 19.8. The van der Waals surface area contributed by atoms with Gasteiger partial charge in [-0.1, -0.05) is 29.4 Å². The maximum Gasteiger partial charge on any atom is 0.242 e. The van der Waals surface area contributed by atoms with Gasteiger partial charge in [0, 0.05) is 30.2 Å². The number of benzene rings is 1. The van der Waals surface area contributed by atoms with E-state index in [4.69, 9.17) is 11.6 Å². The number of nitrogens with zero attached hydrogens (tertiary/aromatic N) is 2. The zero-order valence-electron chi connectivity index (χ0n) is 12.5. The molecular weight excluding hydrogens is 322 g/mol. The third-order valence-electron chi connectivity index (χ3n) is 3.11. The van der Waals surface area contributed by atoms with Gasteiger partial charge in [-0.25, -0.2) is 0 Å². The number of hydrogen-bond acceptors (Lipinski definition) is 4. The summed E-state index contributed by atoms with van der Waals surface area (Å²) in [7, 11) is 0. The number of amidine groups is 1. The largest absolute Gasteiger partial charge is 0.326 e. The molecule has 1 aliphatic rings. The first kappa shape index (κ1) is 16.8. The molecule has 5 nitrogen and oxygen atoms in total. The highest BCUT2D eigenvalue weighted by Gasteiger charge is 2.37. The Morgan fingerprint density at radius 1 is 1.45 bits per heavy atom. The number of aliphatic imine (C=N–C) groups is 1. The molecule has 22 heavy (non-hydrogen) atoms. The van der Waals surface area contributed by atoms with Gasteiger partial charge in [-0.3, -0.25) is 19.5 Å². The van der Waals surface area contributed by atoms with Crippen LogP contribution in [0.3, 0.4) is 0 Å². The minimum absolute atomic E-state index is 0.0547. The summed E-state index contributed by atoms with van der Waals surface area (Å²) in [4.78, 5) is 30.3. The summed E-state index contributed by atoms with van der Waals surface area (Å²) in [6, 6.07) is 6.93. The van der Waals surface area contributed by atoms with Crippen LogP contribution in [0.5, 0.6) is 0 Å². The fourth-order valence-electron chi connectivity index (χ4n) is 2.13. The molecule has 1 fully saturated rings. The topological polar surface area (TPSA) is 61.8 Å². The third kappa shape index (κ3) is 4.01. The minimum atomic E-state index is -0.413. The summed E-state index contributed by atoms with van der Waals surface area (Å²) in [5.41, 5.74) is 0.628. The molecule has 1 unspecified atom stereocenters. The summed E-state index contributed by atoms with van der Waals surface area (Å²) in [5, 5.41) is 3.61. The van der Waals surface area contributed by atoms with Crippen molar-refractivity contribution in [3.63, 3.8) is 0 Å². The molecule has 0 bridgehead atoms. The molecule has 1 N–H and O–H groups in total. The first-order valence-corrected chi connectivity index (χ1v) is 8.38. The second-order valence-electron chi connectivity index (χ2n) is 4.71. The predicted octanol–water partition coefficient (Wildman–Crippen LogP) is 3.01. The van der Waals surface area contributed by atoms with Gasteiger partial charge < -0.3 is 5.32 Å². The second-order valence-corrected chi connectivity index (χ2v) is 6.31. The van der Waals surface area contributed by atoms with Gasteiger partial charge in [0.05, 0.1) is 0 Å². The molecule has 1 aromatic carbocycles. The molecule has 0 spiro atoms. The Bertz CT molecular complexity index is 606. The Balaban J connectivity index is 2.00. The van der Waals surface area contributed by atoms with Crippen molar-refractivity contribution in [2.75, 3.05) is 18.4 Å². The van der Waals surface area contributed by atoms with Gasteiger partial charge in [0.15, 0.2) is 5.17 Å². The molecule has 118 valence electrons. The lowest BCUT2D eigenvalue weighted by Crippen LogP contribution is -2.33. The van der Waals surface area contributed by atoms with E-state index in [1.807, 2.05) is 13.8 Å². The molecule has 7 heteroatoms. The number of amides is 2. The maximum absolute atomic E-state index is 12.3. The van der Waals surface area contributed by atoms with Gasteiger partial charge in [-0.05, 0) is 32.0 Å². The van der Waals surface area contributed by atoms with Gasteiger partial charge in [0.25, 0.3) is 0 Å². The van der Waals surface area contributed by atoms with Crippen LogP contribution in [0.4, 0.5) is 5.69 Å². The Kier molecular flexibility index (Phi) is 5.85. The first-order valence-electron chi connectivity index (χ1n) is 7.13. The van der Waals surface area contributed by atoms with E-state index < -0.39 is 5.25 Å². The van der Waals surface area contributed by atoms with Gasteiger partial charge in [-0.2, -0.15) is 0 Å². The van der Waals surface area contributed by atoms with Crippen LogP contribution in [0.2, 0.25) is 5.02 Å². The van der Waals surface area contributed by atoms with E-state index in [0.717, 1.165) is 0 Å². The van der Waals surface area contributed by atoms with Crippen LogP contribution in [0.25, 0.3) is 0 Å². The molecule has 1 aliphatic heterocycles. The molecule has 0 radical (unpaired) electrons. The Labute approximate surface area is 139 Å². The molecule has 2 amide bonds. The molecule has 1 saturated heterocycles. The standard InChI is InChI=1S/C15H18ClN3O2S/c1-3-17-15-19(4-2)14(21)12(22-15)9-13(20)18-11-7-5-6-10(16)8-11/h5-8,12H,3-4,9H2,1-2H3,(H,18,20). The van der Waals surface area contributed by atoms with Gasteiger partial charge in [0.1, 0.15) is 5.25 Å². The van der Waals surface area contributed by atoms with Crippen LogP contribution in [-0.2, 0) is 9.59 Å². The first-order chi connectivity index (χ1) is 10.5. The van der Waals surface area contributed by atoms with Crippen molar-refractivity contribution in [2.24, 2.45) is 4.99 Å². The van der Waals surface area contributed by atoms with E-state index in [1.54, 1.807) is 29.2 Å². The van der Waals surface area contributed by atoms with E-state index >= 15 is 0 Å². The van der Waals surface area contributed by atoms with Gasteiger partial charge in [-0.15, -0.1) is 0 Å². The predicted molar refractivity (Wildman–Crippen MR) is 91.4 cm³/mol. The average molecular weight is 340 g/mol. The zero-order chi connectivity index (χ0) is 16.1. The van der Waals surface area contributed by atoms with Crippen LogP contribution in [0.1, 0.15) is 20.3 Å². The van der Waals surface area contributed by atoms with Gasteiger partial charge >= 0.3 is 0 Å². The fourth-order valence-corrected chi connectivity index (χ4v) is 3.59. The summed E-state index contributed by atoms with van der Waals surface area (Å²) in [6.45, 7) is 5.01. The number of rotatable bonds is 5. The molecule has 1 aromatic rings. The van der Waals surface area contributed by atoms with Crippen LogP contribution in [0.15, 0.2) is 29.3 Å². The number of carbonyl (C=O) groups is 2. The highest BCUT2D eigenvalue weighted by Crippen LogP contribution is 2.29. The van der Waals surface area contributed by atoms with Crippen molar-refractivity contribution >= 4 is 46.0 Å². The van der Waals surface area contributed by atoms with E-state index in [0.29, 0.717) is 29.0 Å². The second kappa shape index (κ2) is 7.65. The third-order valence-corrected chi connectivity index (χ3v) is 4.56. The number of carbonyl (C=O) groups excluding carboxylic acids is 2. The van der Waals surface area contributed by atoms with Crippen molar-refractivity contribution in [2.45, 2.75) is 25.5 Å². The number of thioether (sulfide) groups is 1. The summed E-state index contributed by atoms with van der Waals surface area (Å²) in [6.07, 6.45) is 0.120. The molecule has 0 aliphatic carbocycles. The number of anilines is 1. The van der Waals surface area contributed by atoms with E-state index in [9.17, 15) is 9.59 Å². The summed E-state index contributed by atoms with van der Waals surface area (Å²) in [5.74, 6) is -0.261. The zero-order valence-corrected chi connectivity index (χ0v) is 14.1. The molecule has 1 atom stereocenters. The van der Waals surface area contributed by atoms with Crippen LogP contribution in [-0.4, -0.2) is 40.2 Å². The monoisotopic (exact) mass is 339 g/mol. The van der Waals surface area contributed by atoms with Crippen molar-refractivity contribution < 1.29 is 9.59 Å². The number of hydrogen-bond donors (Lipinski definition) is 1. The Hall–Kier alpha value is -1.53. The van der Waals surface area contributed by atoms with E-state index in [2.05, 4.69) is 10.3 Å².